The molecule has 0 radical (unpaired) electrons. The van der Waals surface area contributed by atoms with Crippen molar-refractivity contribution in [2.45, 2.75) is 44.9 Å². The summed E-state index contributed by atoms with van der Waals surface area (Å²) < 4.78 is 0. The molecule has 2 aromatic carbocycles. The van der Waals surface area contributed by atoms with Crippen molar-refractivity contribution in [1.29, 1.82) is 0 Å². The standard InChI is InChI=1S/C23H27Cl2NOS/c1-5-20(21(6-2)28-4)26-22(16-7-11-18(24)12-8-16)15(3)23(27)17-9-13-19(25)14-10-17/h7-15,20-21H,5-6H2,1-4H3. The van der Waals surface area contributed by atoms with Gasteiger partial charge in [0.2, 0.25) is 0 Å². The number of benzene rings is 2. The molecule has 0 fully saturated rings. The maximum atomic E-state index is 13.2. The molecule has 0 aliphatic carbocycles. The summed E-state index contributed by atoms with van der Waals surface area (Å²) in [5.74, 6) is -0.326. The highest BCUT2D eigenvalue weighted by Gasteiger charge is 2.25. The van der Waals surface area contributed by atoms with Crippen LogP contribution in [0.5, 0.6) is 0 Å². The molecule has 3 atom stereocenters. The average Bonchev–Trinajstić information content (AvgIpc) is 2.71. The molecule has 5 heteroatoms. The van der Waals surface area contributed by atoms with Crippen LogP contribution in [0.3, 0.4) is 0 Å². The smallest absolute Gasteiger partial charge is 0.171 e. The highest BCUT2D eigenvalue weighted by Crippen LogP contribution is 2.25. The molecule has 0 N–H and O–H groups in total. The molecule has 0 spiro atoms. The summed E-state index contributed by atoms with van der Waals surface area (Å²) in [7, 11) is 0. The van der Waals surface area contributed by atoms with Crippen LogP contribution in [0, 0.1) is 5.92 Å². The molecule has 0 aliphatic rings. The van der Waals surface area contributed by atoms with Gasteiger partial charge in [-0.1, -0.05) is 49.2 Å². The molecule has 2 rings (SSSR count). The molecule has 150 valence electrons. The number of hydrogen-bond acceptors (Lipinski definition) is 3. The quantitative estimate of drug-likeness (QED) is 0.307. The fourth-order valence-corrected chi connectivity index (χ4v) is 4.41. The van der Waals surface area contributed by atoms with Crippen LogP contribution in [0.4, 0.5) is 0 Å². The van der Waals surface area contributed by atoms with Gasteiger partial charge < -0.3 is 0 Å². The lowest BCUT2D eigenvalue weighted by Gasteiger charge is -2.23. The summed E-state index contributed by atoms with van der Waals surface area (Å²) >= 11 is 13.9. The summed E-state index contributed by atoms with van der Waals surface area (Å²) in [6, 6.07) is 14.8. The second-order valence-corrected chi connectivity index (χ2v) is 8.72. The van der Waals surface area contributed by atoms with E-state index in [1.165, 1.54) is 0 Å². The maximum absolute atomic E-state index is 13.2. The van der Waals surface area contributed by atoms with Gasteiger partial charge in [-0.05, 0) is 68.0 Å². The summed E-state index contributed by atoms with van der Waals surface area (Å²) in [6.07, 6.45) is 4.09. The molecule has 0 aromatic heterocycles. The van der Waals surface area contributed by atoms with Crippen LogP contribution in [0.1, 0.15) is 49.5 Å². The Morgan fingerprint density at radius 2 is 1.43 bits per heavy atom. The molecule has 0 saturated heterocycles. The van der Waals surface area contributed by atoms with Crippen molar-refractivity contribution in [3.8, 4) is 0 Å². The van der Waals surface area contributed by atoms with Crippen molar-refractivity contribution < 1.29 is 4.79 Å². The van der Waals surface area contributed by atoms with Gasteiger partial charge in [0.05, 0.1) is 17.7 Å². The first-order valence-corrected chi connectivity index (χ1v) is 11.6. The van der Waals surface area contributed by atoms with Crippen molar-refractivity contribution in [2.75, 3.05) is 6.26 Å². The molecule has 28 heavy (non-hydrogen) atoms. The van der Waals surface area contributed by atoms with E-state index in [0.717, 1.165) is 24.1 Å². The van der Waals surface area contributed by atoms with E-state index in [2.05, 4.69) is 20.1 Å². The van der Waals surface area contributed by atoms with E-state index in [1.807, 2.05) is 43.0 Å². The normalized spacial score (nSPS) is 15.1. The molecule has 2 nitrogen and oxygen atoms in total. The van der Waals surface area contributed by atoms with Crippen LogP contribution in [0.15, 0.2) is 53.5 Å². The van der Waals surface area contributed by atoms with E-state index >= 15 is 0 Å². The molecule has 0 heterocycles. The number of ketones is 1. The zero-order chi connectivity index (χ0) is 20.7. The van der Waals surface area contributed by atoms with Crippen LogP contribution in [-0.2, 0) is 0 Å². The third kappa shape index (κ3) is 5.85. The number of aliphatic imine (C=N–C) groups is 1. The van der Waals surface area contributed by atoms with Crippen LogP contribution >= 0.6 is 35.0 Å². The number of carbonyl (C=O) groups excluding carboxylic acids is 1. The SMILES string of the molecule is CCC(N=C(c1ccc(Cl)cc1)C(C)C(=O)c1ccc(Cl)cc1)C(CC)SC. The van der Waals surface area contributed by atoms with Crippen LogP contribution in [-0.4, -0.2) is 29.0 Å². The number of rotatable bonds is 9. The first kappa shape index (κ1) is 23.0. The number of carbonyl (C=O) groups is 1. The molecule has 0 bridgehead atoms. The maximum Gasteiger partial charge on any atom is 0.171 e. The van der Waals surface area contributed by atoms with Crippen molar-refractivity contribution in [3.63, 3.8) is 0 Å². The van der Waals surface area contributed by atoms with E-state index < -0.39 is 0 Å². The van der Waals surface area contributed by atoms with E-state index in [-0.39, 0.29) is 17.7 Å². The Balaban J connectivity index is 2.47. The fourth-order valence-electron chi connectivity index (χ4n) is 3.26. The van der Waals surface area contributed by atoms with Crippen LogP contribution in [0.2, 0.25) is 10.0 Å². The van der Waals surface area contributed by atoms with E-state index in [4.69, 9.17) is 28.2 Å². The van der Waals surface area contributed by atoms with Gasteiger partial charge in [0.1, 0.15) is 0 Å². The topological polar surface area (TPSA) is 29.4 Å². The molecule has 2 aromatic rings. The largest absolute Gasteiger partial charge is 0.293 e. The Morgan fingerprint density at radius 1 is 0.929 bits per heavy atom. The van der Waals surface area contributed by atoms with Gasteiger partial charge in [-0.2, -0.15) is 11.8 Å². The minimum Gasteiger partial charge on any atom is -0.293 e. The Bertz CT molecular complexity index is 798. The van der Waals surface area contributed by atoms with E-state index in [0.29, 0.717) is 20.9 Å². The lowest BCUT2D eigenvalue weighted by atomic mass is 9.90. The van der Waals surface area contributed by atoms with Crippen LogP contribution in [0.25, 0.3) is 0 Å². The predicted octanol–water partition coefficient (Wildman–Crippen LogP) is 7.22. The Kier molecular flexibility index (Phi) is 9.07. The average molecular weight is 436 g/mol. The first-order valence-electron chi connectivity index (χ1n) is 9.57. The Labute approximate surface area is 182 Å². The number of nitrogens with zero attached hydrogens (tertiary/aromatic N) is 1. The van der Waals surface area contributed by atoms with Gasteiger partial charge >= 0.3 is 0 Å². The third-order valence-corrected chi connectivity index (χ3v) is 6.69. The van der Waals surface area contributed by atoms with Crippen molar-refractivity contribution in [2.24, 2.45) is 10.9 Å². The van der Waals surface area contributed by atoms with Crippen molar-refractivity contribution >= 4 is 46.5 Å². The van der Waals surface area contributed by atoms with Gasteiger partial charge in [-0.15, -0.1) is 0 Å². The number of thioether (sulfide) groups is 1. The molecule has 0 aliphatic heterocycles. The predicted molar refractivity (Wildman–Crippen MR) is 125 cm³/mol. The van der Waals surface area contributed by atoms with E-state index in [9.17, 15) is 4.79 Å². The second-order valence-electron chi connectivity index (χ2n) is 6.77. The molecule has 3 unspecified atom stereocenters. The number of hydrogen-bond donors (Lipinski definition) is 0. The Hall–Kier alpha value is -1.29. The van der Waals surface area contributed by atoms with Crippen LogP contribution < -0.4 is 0 Å². The molecule has 0 amide bonds. The van der Waals surface area contributed by atoms with Gasteiger partial charge in [-0.25, -0.2) is 0 Å². The molecule has 0 saturated carbocycles. The van der Waals surface area contributed by atoms with Gasteiger partial charge in [0, 0.05) is 20.9 Å². The van der Waals surface area contributed by atoms with Crippen molar-refractivity contribution in [1.82, 2.24) is 0 Å². The second kappa shape index (κ2) is 11.0. The summed E-state index contributed by atoms with van der Waals surface area (Å²) in [5.41, 5.74) is 2.40. The van der Waals surface area contributed by atoms with E-state index in [1.54, 1.807) is 24.3 Å². The molecular weight excluding hydrogens is 409 g/mol. The lowest BCUT2D eigenvalue weighted by Crippen LogP contribution is -2.27. The minimum absolute atomic E-state index is 0.0393. The highest BCUT2D eigenvalue weighted by atomic mass is 35.5. The summed E-state index contributed by atoms with van der Waals surface area (Å²) in [4.78, 5) is 18.3. The third-order valence-electron chi connectivity index (χ3n) is 4.93. The lowest BCUT2D eigenvalue weighted by molar-refractivity contribution is 0.0961. The monoisotopic (exact) mass is 435 g/mol. The number of halogens is 2. The summed E-state index contributed by atoms with van der Waals surface area (Å²) in [6.45, 7) is 6.26. The Morgan fingerprint density at radius 3 is 1.86 bits per heavy atom. The van der Waals surface area contributed by atoms with Gasteiger partial charge in [-0.3, -0.25) is 9.79 Å². The fraction of sp³-hybridized carbons (Fsp3) is 0.391. The highest BCUT2D eigenvalue weighted by molar-refractivity contribution is 7.99. The van der Waals surface area contributed by atoms with Crippen molar-refractivity contribution in [3.05, 3.63) is 69.7 Å². The summed E-state index contributed by atoms with van der Waals surface area (Å²) in [5, 5.41) is 1.71. The van der Waals surface area contributed by atoms with Gasteiger partial charge in [0.15, 0.2) is 5.78 Å². The minimum atomic E-state index is -0.365. The first-order chi connectivity index (χ1) is 13.4. The number of Topliss-reactive ketones (excluding diaryl/α,β-unsaturated/α-hetero) is 1. The zero-order valence-electron chi connectivity index (χ0n) is 16.8. The zero-order valence-corrected chi connectivity index (χ0v) is 19.1. The van der Waals surface area contributed by atoms with Gasteiger partial charge in [0.25, 0.3) is 0 Å². The molecular formula is C23H27Cl2NOS.